The number of carbonyl (C=O) groups is 1. The molecule has 6 aromatic rings. The zero-order chi connectivity index (χ0) is 28.7. The zero-order valence-electron chi connectivity index (χ0n) is 23.4. The molecule has 42 heavy (non-hydrogen) atoms. The standard InChI is InChI=1S/C34H31N7O/c1-2-19-41(23-24-11-4-3-5-12-24)32-22-27(35-33(42)20-26-15-10-14-25-13-6-7-16-28(25)26)21-31(36-32)29-17-8-9-18-30(29)34-37-39-40-38-34/h3-18,21-22H,2,19-20,23H2,1H3,(H,35,36,42)(H,37,38,39,40). The number of fused-ring (bicyclic) bond motifs is 1. The summed E-state index contributed by atoms with van der Waals surface area (Å²) in [5, 5.41) is 20.1. The lowest BCUT2D eigenvalue weighted by Gasteiger charge is -2.25. The first-order valence-corrected chi connectivity index (χ1v) is 14.1. The molecule has 4 aromatic carbocycles. The van der Waals surface area contributed by atoms with Crippen LogP contribution in [0.4, 0.5) is 11.5 Å². The van der Waals surface area contributed by atoms with Crippen LogP contribution in [0.2, 0.25) is 0 Å². The fourth-order valence-corrected chi connectivity index (χ4v) is 5.24. The molecule has 0 saturated carbocycles. The molecule has 0 aliphatic heterocycles. The highest BCUT2D eigenvalue weighted by atomic mass is 16.1. The van der Waals surface area contributed by atoms with E-state index >= 15 is 0 Å². The third kappa shape index (κ3) is 6.02. The van der Waals surface area contributed by atoms with Crippen molar-refractivity contribution in [3.63, 3.8) is 0 Å². The van der Waals surface area contributed by atoms with Gasteiger partial charge in [0, 0.05) is 36.0 Å². The van der Waals surface area contributed by atoms with Crippen molar-refractivity contribution in [3.05, 3.63) is 120 Å². The Morgan fingerprint density at radius 2 is 1.62 bits per heavy atom. The number of H-pyrrole nitrogens is 1. The van der Waals surface area contributed by atoms with Crippen molar-refractivity contribution < 1.29 is 4.79 Å². The molecule has 0 aliphatic carbocycles. The summed E-state index contributed by atoms with van der Waals surface area (Å²) in [6.45, 7) is 3.66. The molecule has 0 unspecified atom stereocenters. The molecule has 0 spiro atoms. The molecular weight excluding hydrogens is 522 g/mol. The van der Waals surface area contributed by atoms with E-state index in [-0.39, 0.29) is 12.3 Å². The SMILES string of the molecule is CCCN(Cc1ccccc1)c1cc(NC(=O)Cc2cccc3ccccc23)cc(-c2ccccc2-c2nn[nH]n2)n1. The predicted molar refractivity (Wildman–Crippen MR) is 167 cm³/mol. The molecule has 2 N–H and O–H groups in total. The van der Waals surface area contributed by atoms with E-state index in [9.17, 15) is 4.79 Å². The van der Waals surface area contributed by atoms with Crippen LogP contribution in [0.5, 0.6) is 0 Å². The molecule has 8 heteroatoms. The van der Waals surface area contributed by atoms with Crippen LogP contribution in [-0.2, 0) is 17.8 Å². The molecule has 0 fully saturated rings. The number of aromatic nitrogens is 5. The van der Waals surface area contributed by atoms with Gasteiger partial charge in [-0.15, -0.1) is 10.2 Å². The molecule has 6 rings (SSSR count). The normalized spacial score (nSPS) is 11.0. The maximum absolute atomic E-state index is 13.4. The average molecular weight is 554 g/mol. The summed E-state index contributed by atoms with van der Waals surface area (Å²) in [6.07, 6.45) is 1.21. The van der Waals surface area contributed by atoms with Crippen LogP contribution in [0.25, 0.3) is 33.4 Å². The van der Waals surface area contributed by atoms with Gasteiger partial charge in [0.2, 0.25) is 11.7 Å². The Labute approximate surface area is 244 Å². The van der Waals surface area contributed by atoms with E-state index < -0.39 is 0 Å². The summed E-state index contributed by atoms with van der Waals surface area (Å²) >= 11 is 0. The zero-order valence-corrected chi connectivity index (χ0v) is 23.4. The lowest BCUT2D eigenvalue weighted by Crippen LogP contribution is -2.25. The van der Waals surface area contributed by atoms with Gasteiger partial charge < -0.3 is 10.2 Å². The quantitative estimate of drug-likeness (QED) is 0.196. The third-order valence-electron chi connectivity index (χ3n) is 7.15. The number of tetrazole rings is 1. The number of benzene rings is 4. The molecule has 8 nitrogen and oxygen atoms in total. The lowest BCUT2D eigenvalue weighted by atomic mass is 10.0. The summed E-state index contributed by atoms with van der Waals surface area (Å²) in [6, 6.07) is 36.2. The van der Waals surface area contributed by atoms with E-state index in [0.717, 1.165) is 46.2 Å². The van der Waals surface area contributed by atoms with Crippen molar-refractivity contribution in [2.75, 3.05) is 16.8 Å². The predicted octanol–water partition coefficient (Wildman–Crippen LogP) is 6.68. The van der Waals surface area contributed by atoms with Gasteiger partial charge in [-0.05, 0) is 39.6 Å². The highest BCUT2D eigenvalue weighted by Gasteiger charge is 2.17. The molecule has 208 valence electrons. The summed E-state index contributed by atoms with van der Waals surface area (Å²) in [5.41, 5.74) is 5.21. The second-order valence-corrected chi connectivity index (χ2v) is 10.2. The van der Waals surface area contributed by atoms with Gasteiger partial charge in [0.25, 0.3) is 0 Å². The summed E-state index contributed by atoms with van der Waals surface area (Å²) < 4.78 is 0. The molecule has 2 heterocycles. The van der Waals surface area contributed by atoms with Gasteiger partial charge in [0.1, 0.15) is 5.82 Å². The molecule has 0 radical (unpaired) electrons. The number of nitrogens with zero attached hydrogens (tertiary/aromatic N) is 5. The maximum Gasteiger partial charge on any atom is 0.228 e. The lowest BCUT2D eigenvalue weighted by molar-refractivity contribution is -0.115. The van der Waals surface area contributed by atoms with Crippen molar-refractivity contribution in [1.29, 1.82) is 0 Å². The number of hydrogen-bond acceptors (Lipinski definition) is 6. The van der Waals surface area contributed by atoms with Crippen molar-refractivity contribution in [3.8, 4) is 22.6 Å². The van der Waals surface area contributed by atoms with Crippen LogP contribution >= 0.6 is 0 Å². The van der Waals surface area contributed by atoms with Crippen LogP contribution in [0.3, 0.4) is 0 Å². The Balaban J connectivity index is 1.39. The average Bonchev–Trinajstić information content (AvgIpc) is 3.57. The van der Waals surface area contributed by atoms with Gasteiger partial charge in [-0.25, -0.2) is 4.98 Å². The Morgan fingerprint density at radius 3 is 2.43 bits per heavy atom. The topological polar surface area (TPSA) is 99.7 Å². The monoisotopic (exact) mass is 553 g/mol. The number of rotatable bonds is 10. The van der Waals surface area contributed by atoms with Gasteiger partial charge in [-0.2, -0.15) is 5.21 Å². The van der Waals surface area contributed by atoms with Gasteiger partial charge in [-0.3, -0.25) is 4.79 Å². The van der Waals surface area contributed by atoms with E-state index in [1.807, 2.05) is 78.9 Å². The van der Waals surface area contributed by atoms with Gasteiger partial charge in [0.05, 0.1) is 12.1 Å². The number of amides is 1. The number of aromatic amines is 1. The van der Waals surface area contributed by atoms with Crippen LogP contribution in [0.15, 0.2) is 109 Å². The summed E-state index contributed by atoms with van der Waals surface area (Å²) in [4.78, 5) is 20.8. The minimum Gasteiger partial charge on any atom is -0.352 e. The fourth-order valence-electron chi connectivity index (χ4n) is 5.24. The largest absolute Gasteiger partial charge is 0.352 e. The molecule has 0 saturated heterocycles. The summed E-state index contributed by atoms with van der Waals surface area (Å²) in [5.74, 6) is 1.17. The van der Waals surface area contributed by atoms with Gasteiger partial charge in [-0.1, -0.05) is 104 Å². The van der Waals surface area contributed by atoms with E-state index in [1.165, 1.54) is 5.56 Å². The molecule has 0 atom stereocenters. The molecule has 2 aromatic heterocycles. The maximum atomic E-state index is 13.4. The van der Waals surface area contributed by atoms with Crippen LogP contribution < -0.4 is 10.2 Å². The number of pyridine rings is 1. The molecule has 1 amide bonds. The van der Waals surface area contributed by atoms with Crippen molar-refractivity contribution >= 4 is 28.2 Å². The highest BCUT2D eigenvalue weighted by Crippen LogP contribution is 2.33. The second kappa shape index (κ2) is 12.4. The number of hydrogen-bond donors (Lipinski definition) is 2. The highest BCUT2D eigenvalue weighted by molar-refractivity contribution is 5.97. The Kier molecular flexibility index (Phi) is 7.94. The Bertz CT molecular complexity index is 1800. The molecular formula is C34H31N7O. The van der Waals surface area contributed by atoms with E-state index in [4.69, 9.17) is 4.98 Å². The first kappa shape index (κ1) is 26.8. The first-order chi connectivity index (χ1) is 20.7. The van der Waals surface area contributed by atoms with E-state index in [2.05, 4.69) is 68.1 Å². The van der Waals surface area contributed by atoms with Crippen molar-refractivity contribution in [1.82, 2.24) is 25.6 Å². The van der Waals surface area contributed by atoms with Crippen molar-refractivity contribution in [2.45, 2.75) is 26.3 Å². The minimum absolute atomic E-state index is 0.0917. The van der Waals surface area contributed by atoms with E-state index in [0.29, 0.717) is 23.8 Å². The fraction of sp³-hybridized carbons (Fsp3) is 0.147. The third-order valence-corrected chi connectivity index (χ3v) is 7.15. The Hall–Kier alpha value is -5.37. The van der Waals surface area contributed by atoms with Gasteiger partial charge >= 0.3 is 0 Å². The van der Waals surface area contributed by atoms with Gasteiger partial charge in [0.15, 0.2) is 0 Å². The second-order valence-electron chi connectivity index (χ2n) is 10.2. The van der Waals surface area contributed by atoms with Crippen molar-refractivity contribution in [2.24, 2.45) is 0 Å². The smallest absolute Gasteiger partial charge is 0.228 e. The molecule has 0 aliphatic rings. The Morgan fingerprint density at radius 1 is 0.857 bits per heavy atom. The van der Waals surface area contributed by atoms with Crippen LogP contribution in [-0.4, -0.2) is 38.1 Å². The molecule has 0 bridgehead atoms. The van der Waals surface area contributed by atoms with E-state index in [1.54, 1.807) is 0 Å². The number of carbonyl (C=O) groups excluding carboxylic acids is 1. The first-order valence-electron chi connectivity index (χ1n) is 14.1. The minimum atomic E-state index is -0.0917. The van der Waals surface area contributed by atoms with Crippen LogP contribution in [0, 0.1) is 0 Å². The number of nitrogens with one attached hydrogen (secondary N) is 2. The summed E-state index contributed by atoms with van der Waals surface area (Å²) in [7, 11) is 0. The van der Waals surface area contributed by atoms with Crippen LogP contribution in [0.1, 0.15) is 24.5 Å². The number of anilines is 2.